The third-order valence-electron chi connectivity index (χ3n) is 2.89. The average molecular weight is 280 g/mol. The third kappa shape index (κ3) is 4.72. The largest absolute Gasteiger partial charge is 0.471 e. The second-order valence-electron chi connectivity index (χ2n) is 5.80. The first-order valence-electron chi connectivity index (χ1n) is 6.19. The molecule has 0 unspecified atom stereocenters. The van der Waals surface area contributed by atoms with E-state index in [2.05, 4.69) is 5.32 Å². The molecule has 1 heterocycles. The standard InChI is InChI=1S/C12H19F3N2O2/c1-11(2,3)16-9(18)8-4-6-17(7-5-8)10(19)12(13,14)15/h8H,4-7H2,1-3H3,(H,16,18). The molecule has 0 aromatic heterocycles. The van der Waals surface area contributed by atoms with Crippen molar-refractivity contribution in [1.82, 2.24) is 10.2 Å². The SMILES string of the molecule is CC(C)(C)NC(=O)C1CCN(C(=O)C(F)(F)F)CC1. The molecule has 19 heavy (non-hydrogen) atoms. The Hall–Kier alpha value is -1.27. The molecule has 1 rings (SSSR count). The molecule has 1 fully saturated rings. The molecule has 0 aromatic carbocycles. The van der Waals surface area contributed by atoms with Crippen LogP contribution in [0.25, 0.3) is 0 Å². The molecule has 1 saturated heterocycles. The van der Waals surface area contributed by atoms with Gasteiger partial charge in [-0.15, -0.1) is 0 Å². The van der Waals surface area contributed by atoms with E-state index in [-0.39, 0.29) is 43.3 Å². The van der Waals surface area contributed by atoms with Gasteiger partial charge in [0.2, 0.25) is 5.91 Å². The molecule has 0 atom stereocenters. The number of rotatable bonds is 1. The molecular weight excluding hydrogens is 261 g/mol. The maximum Gasteiger partial charge on any atom is 0.471 e. The first kappa shape index (κ1) is 15.8. The van der Waals surface area contributed by atoms with E-state index in [4.69, 9.17) is 0 Å². The number of amides is 2. The van der Waals surface area contributed by atoms with E-state index >= 15 is 0 Å². The highest BCUT2D eigenvalue weighted by Gasteiger charge is 2.43. The molecule has 0 bridgehead atoms. The predicted molar refractivity (Wildman–Crippen MR) is 63.3 cm³/mol. The normalized spacial score (nSPS) is 18.3. The molecule has 0 aliphatic carbocycles. The van der Waals surface area contributed by atoms with Gasteiger partial charge < -0.3 is 10.2 Å². The zero-order valence-corrected chi connectivity index (χ0v) is 11.3. The molecule has 110 valence electrons. The lowest BCUT2D eigenvalue weighted by molar-refractivity contribution is -0.186. The van der Waals surface area contributed by atoms with E-state index in [1.165, 1.54) is 0 Å². The van der Waals surface area contributed by atoms with E-state index in [1.807, 2.05) is 20.8 Å². The van der Waals surface area contributed by atoms with Crippen molar-refractivity contribution in [2.75, 3.05) is 13.1 Å². The highest BCUT2D eigenvalue weighted by atomic mass is 19.4. The molecule has 0 spiro atoms. The minimum atomic E-state index is -4.83. The van der Waals surface area contributed by atoms with Gasteiger partial charge in [-0.1, -0.05) is 0 Å². The Labute approximate surface area is 110 Å². The van der Waals surface area contributed by atoms with Crippen LogP contribution in [0.4, 0.5) is 13.2 Å². The van der Waals surface area contributed by atoms with Crippen LogP contribution in [0.5, 0.6) is 0 Å². The summed E-state index contributed by atoms with van der Waals surface area (Å²) < 4.78 is 36.7. The van der Waals surface area contributed by atoms with Gasteiger partial charge in [-0.2, -0.15) is 13.2 Å². The summed E-state index contributed by atoms with van der Waals surface area (Å²) in [4.78, 5) is 23.6. The first-order chi connectivity index (χ1) is 8.50. The van der Waals surface area contributed by atoms with Crippen LogP contribution in [0.15, 0.2) is 0 Å². The number of carbonyl (C=O) groups excluding carboxylic acids is 2. The van der Waals surface area contributed by atoms with Gasteiger partial charge >= 0.3 is 12.1 Å². The zero-order valence-electron chi connectivity index (χ0n) is 11.3. The molecule has 7 heteroatoms. The number of nitrogens with zero attached hydrogens (tertiary/aromatic N) is 1. The second kappa shape index (κ2) is 5.38. The van der Waals surface area contributed by atoms with Crippen LogP contribution in [0.1, 0.15) is 33.6 Å². The number of likely N-dealkylation sites (tertiary alicyclic amines) is 1. The zero-order chi connectivity index (χ0) is 14.8. The van der Waals surface area contributed by atoms with Gasteiger partial charge in [0, 0.05) is 24.5 Å². The monoisotopic (exact) mass is 280 g/mol. The maximum absolute atomic E-state index is 12.2. The fourth-order valence-electron chi connectivity index (χ4n) is 2.00. The number of alkyl halides is 3. The number of nitrogens with one attached hydrogen (secondary N) is 1. The Morgan fingerprint density at radius 2 is 1.58 bits per heavy atom. The smallest absolute Gasteiger partial charge is 0.351 e. The van der Waals surface area contributed by atoms with Crippen molar-refractivity contribution in [2.24, 2.45) is 5.92 Å². The molecule has 1 aliphatic rings. The van der Waals surface area contributed by atoms with Crippen molar-refractivity contribution in [3.05, 3.63) is 0 Å². The Morgan fingerprint density at radius 3 is 1.95 bits per heavy atom. The van der Waals surface area contributed by atoms with Gasteiger partial charge in [-0.3, -0.25) is 9.59 Å². The predicted octanol–water partition coefficient (Wildman–Crippen LogP) is 1.70. The summed E-state index contributed by atoms with van der Waals surface area (Å²) in [5.41, 5.74) is -0.365. The van der Waals surface area contributed by atoms with Crippen LogP contribution in [-0.4, -0.2) is 41.5 Å². The number of piperidine rings is 1. The summed E-state index contributed by atoms with van der Waals surface area (Å²) >= 11 is 0. The van der Waals surface area contributed by atoms with Crippen molar-refractivity contribution in [2.45, 2.75) is 45.3 Å². The summed E-state index contributed by atoms with van der Waals surface area (Å²) in [5, 5.41) is 2.80. The summed E-state index contributed by atoms with van der Waals surface area (Å²) in [6, 6.07) is 0. The molecule has 4 nitrogen and oxygen atoms in total. The summed E-state index contributed by atoms with van der Waals surface area (Å²) in [7, 11) is 0. The highest BCUT2D eigenvalue weighted by molar-refractivity contribution is 5.83. The average Bonchev–Trinajstić information content (AvgIpc) is 2.24. The van der Waals surface area contributed by atoms with E-state index in [0.717, 1.165) is 4.90 Å². The Balaban J connectivity index is 2.50. The Kier molecular flexibility index (Phi) is 4.47. The molecule has 0 aromatic rings. The van der Waals surface area contributed by atoms with Crippen molar-refractivity contribution in [3.8, 4) is 0 Å². The van der Waals surface area contributed by atoms with Gasteiger partial charge in [0.15, 0.2) is 0 Å². The van der Waals surface area contributed by atoms with E-state index in [9.17, 15) is 22.8 Å². The molecule has 1 N–H and O–H groups in total. The third-order valence-corrected chi connectivity index (χ3v) is 2.89. The molecule has 0 radical (unpaired) electrons. The molecule has 0 saturated carbocycles. The van der Waals surface area contributed by atoms with Crippen LogP contribution in [0.2, 0.25) is 0 Å². The van der Waals surface area contributed by atoms with Crippen molar-refractivity contribution < 1.29 is 22.8 Å². The van der Waals surface area contributed by atoms with Gasteiger partial charge in [0.25, 0.3) is 0 Å². The van der Waals surface area contributed by atoms with E-state index in [1.54, 1.807) is 0 Å². The van der Waals surface area contributed by atoms with Gasteiger partial charge in [-0.05, 0) is 33.6 Å². The quantitative estimate of drug-likeness (QED) is 0.795. The summed E-state index contributed by atoms with van der Waals surface area (Å²) in [6.45, 7) is 5.47. The van der Waals surface area contributed by atoms with Gasteiger partial charge in [0.05, 0.1) is 0 Å². The number of carbonyl (C=O) groups is 2. The van der Waals surface area contributed by atoms with Gasteiger partial charge in [-0.25, -0.2) is 0 Å². The number of halogens is 3. The van der Waals surface area contributed by atoms with Crippen molar-refractivity contribution in [3.63, 3.8) is 0 Å². The number of hydrogen-bond donors (Lipinski definition) is 1. The molecular formula is C12H19F3N2O2. The van der Waals surface area contributed by atoms with E-state index < -0.39 is 12.1 Å². The number of hydrogen-bond acceptors (Lipinski definition) is 2. The fraction of sp³-hybridized carbons (Fsp3) is 0.833. The molecule has 1 aliphatic heterocycles. The maximum atomic E-state index is 12.2. The van der Waals surface area contributed by atoms with Crippen LogP contribution in [-0.2, 0) is 9.59 Å². The topological polar surface area (TPSA) is 49.4 Å². The van der Waals surface area contributed by atoms with Crippen LogP contribution < -0.4 is 5.32 Å². The summed E-state index contributed by atoms with van der Waals surface area (Å²) in [6.07, 6.45) is -4.30. The second-order valence-corrected chi connectivity index (χ2v) is 5.80. The van der Waals surface area contributed by atoms with Crippen LogP contribution >= 0.6 is 0 Å². The van der Waals surface area contributed by atoms with Gasteiger partial charge in [0.1, 0.15) is 0 Å². The minimum Gasteiger partial charge on any atom is -0.351 e. The van der Waals surface area contributed by atoms with Crippen LogP contribution in [0, 0.1) is 5.92 Å². The molecule has 2 amide bonds. The minimum absolute atomic E-state index is 0.0272. The van der Waals surface area contributed by atoms with Crippen molar-refractivity contribution >= 4 is 11.8 Å². The summed E-state index contributed by atoms with van der Waals surface area (Å²) in [5.74, 6) is -2.30. The Morgan fingerprint density at radius 1 is 1.11 bits per heavy atom. The van der Waals surface area contributed by atoms with Crippen LogP contribution in [0.3, 0.4) is 0 Å². The lowest BCUT2D eigenvalue weighted by Crippen LogP contribution is -2.50. The Bertz CT molecular complexity index is 353. The first-order valence-corrected chi connectivity index (χ1v) is 6.19. The highest BCUT2D eigenvalue weighted by Crippen LogP contribution is 2.24. The van der Waals surface area contributed by atoms with Crippen molar-refractivity contribution in [1.29, 1.82) is 0 Å². The van der Waals surface area contributed by atoms with E-state index in [0.29, 0.717) is 0 Å². The lowest BCUT2D eigenvalue weighted by atomic mass is 9.94. The fourth-order valence-corrected chi connectivity index (χ4v) is 2.00. The lowest BCUT2D eigenvalue weighted by Gasteiger charge is -2.33.